The molecule has 0 aromatic carbocycles. The SMILES string of the molecule is CC1(C(=O)O)CCCCN1CC1CCCCCC1. The summed E-state index contributed by atoms with van der Waals surface area (Å²) in [5.74, 6) is 0.0973. The third-order valence-corrected chi connectivity index (χ3v) is 4.95. The molecule has 2 rings (SSSR count). The van der Waals surface area contributed by atoms with Gasteiger partial charge in [0.25, 0.3) is 0 Å². The molecule has 3 nitrogen and oxygen atoms in total. The van der Waals surface area contributed by atoms with E-state index >= 15 is 0 Å². The molecule has 1 saturated carbocycles. The first-order chi connectivity index (χ1) is 8.63. The number of likely N-dealkylation sites (tertiary alicyclic amines) is 1. The Morgan fingerprint density at radius 3 is 2.44 bits per heavy atom. The second kappa shape index (κ2) is 6.05. The maximum atomic E-state index is 11.6. The van der Waals surface area contributed by atoms with Gasteiger partial charge in [0.05, 0.1) is 0 Å². The summed E-state index contributed by atoms with van der Waals surface area (Å²) in [4.78, 5) is 13.8. The van der Waals surface area contributed by atoms with Crippen LogP contribution in [0.2, 0.25) is 0 Å². The van der Waals surface area contributed by atoms with Gasteiger partial charge < -0.3 is 5.11 Å². The van der Waals surface area contributed by atoms with Crippen LogP contribution in [0.15, 0.2) is 0 Å². The summed E-state index contributed by atoms with van der Waals surface area (Å²) in [5, 5.41) is 9.51. The first kappa shape index (κ1) is 13.9. The summed E-state index contributed by atoms with van der Waals surface area (Å²) in [6, 6.07) is 0. The lowest BCUT2D eigenvalue weighted by atomic mass is 9.86. The summed E-state index contributed by atoms with van der Waals surface area (Å²) in [6.45, 7) is 3.90. The van der Waals surface area contributed by atoms with E-state index in [-0.39, 0.29) is 0 Å². The molecule has 0 bridgehead atoms. The molecule has 18 heavy (non-hydrogen) atoms. The minimum atomic E-state index is -0.629. The van der Waals surface area contributed by atoms with Crippen molar-refractivity contribution in [1.82, 2.24) is 4.90 Å². The zero-order valence-corrected chi connectivity index (χ0v) is 11.7. The van der Waals surface area contributed by atoms with Gasteiger partial charge in [-0.1, -0.05) is 25.7 Å². The molecule has 3 heteroatoms. The number of piperidine rings is 1. The summed E-state index contributed by atoms with van der Waals surface area (Å²) in [6.07, 6.45) is 11.0. The highest BCUT2D eigenvalue weighted by atomic mass is 16.4. The molecule has 1 heterocycles. The van der Waals surface area contributed by atoms with Crippen molar-refractivity contribution in [3.8, 4) is 0 Å². The van der Waals surface area contributed by atoms with Crippen molar-refractivity contribution < 1.29 is 9.90 Å². The van der Waals surface area contributed by atoms with Crippen molar-refractivity contribution >= 4 is 5.97 Å². The second-order valence-electron chi connectivity index (χ2n) is 6.34. The Hall–Kier alpha value is -0.570. The predicted octanol–water partition coefficient (Wildman–Crippen LogP) is 3.29. The molecule has 1 unspecified atom stereocenters. The van der Waals surface area contributed by atoms with Gasteiger partial charge in [0.1, 0.15) is 5.54 Å². The van der Waals surface area contributed by atoms with Crippen LogP contribution in [0, 0.1) is 5.92 Å². The van der Waals surface area contributed by atoms with Crippen LogP contribution >= 0.6 is 0 Å². The highest BCUT2D eigenvalue weighted by molar-refractivity contribution is 5.78. The van der Waals surface area contributed by atoms with Crippen LogP contribution in [0.3, 0.4) is 0 Å². The summed E-state index contributed by atoms with van der Waals surface area (Å²) < 4.78 is 0. The van der Waals surface area contributed by atoms with Crippen LogP contribution < -0.4 is 0 Å². The highest BCUT2D eigenvalue weighted by Crippen LogP contribution is 2.32. The normalized spacial score (nSPS) is 32.1. The van der Waals surface area contributed by atoms with Crippen molar-refractivity contribution in [1.29, 1.82) is 0 Å². The van der Waals surface area contributed by atoms with Crippen LogP contribution in [0.1, 0.15) is 64.7 Å². The Bertz CT molecular complexity index is 284. The van der Waals surface area contributed by atoms with E-state index in [9.17, 15) is 9.90 Å². The van der Waals surface area contributed by atoms with Crippen LogP contribution in [0.5, 0.6) is 0 Å². The Morgan fingerprint density at radius 1 is 1.17 bits per heavy atom. The van der Waals surface area contributed by atoms with Gasteiger partial charge in [-0.25, -0.2) is 0 Å². The van der Waals surface area contributed by atoms with Gasteiger partial charge >= 0.3 is 5.97 Å². The summed E-state index contributed by atoms with van der Waals surface area (Å²) in [5.41, 5.74) is -0.607. The van der Waals surface area contributed by atoms with Gasteiger partial charge in [0.2, 0.25) is 0 Å². The van der Waals surface area contributed by atoms with Crippen molar-refractivity contribution in [3.63, 3.8) is 0 Å². The van der Waals surface area contributed by atoms with Gasteiger partial charge in [0, 0.05) is 6.54 Å². The monoisotopic (exact) mass is 253 g/mol. The molecule has 104 valence electrons. The number of hydrogen-bond donors (Lipinski definition) is 1. The van der Waals surface area contributed by atoms with Crippen LogP contribution in [-0.2, 0) is 4.79 Å². The maximum absolute atomic E-state index is 11.6. The lowest BCUT2D eigenvalue weighted by molar-refractivity contribution is -0.153. The zero-order valence-electron chi connectivity index (χ0n) is 11.7. The van der Waals surface area contributed by atoms with E-state index in [0.29, 0.717) is 0 Å². The van der Waals surface area contributed by atoms with E-state index in [2.05, 4.69) is 4.90 Å². The minimum absolute atomic E-state index is 0.607. The number of nitrogens with zero attached hydrogens (tertiary/aromatic N) is 1. The molecule has 2 fully saturated rings. The third kappa shape index (κ3) is 3.05. The van der Waals surface area contributed by atoms with Crippen LogP contribution in [0.25, 0.3) is 0 Å². The van der Waals surface area contributed by atoms with E-state index in [1.807, 2.05) is 6.92 Å². The minimum Gasteiger partial charge on any atom is -0.480 e. The van der Waals surface area contributed by atoms with E-state index in [0.717, 1.165) is 38.3 Å². The smallest absolute Gasteiger partial charge is 0.323 e. The Balaban J connectivity index is 1.98. The standard InChI is InChI=1S/C15H27NO2/c1-15(14(17)18)10-6-7-11-16(15)12-13-8-4-2-3-5-9-13/h13H,2-12H2,1H3,(H,17,18). The van der Waals surface area contributed by atoms with E-state index in [4.69, 9.17) is 0 Å². The fourth-order valence-electron chi connectivity index (χ4n) is 3.57. The Morgan fingerprint density at radius 2 is 1.83 bits per heavy atom. The molecule has 1 aliphatic heterocycles. The third-order valence-electron chi connectivity index (χ3n) is 4.95. The number of carboxylic acids is 1. The molecule has 1 saturated heterocycles. The quantitative estimate of drug-likeness (QED) is 0.785. The van der Waals surface area contributed by atoms with E-state index < -0.39 is 11.5 Å². The Kier molecular flexibility index (Phi) is 4.66. The van der Waals surface area contributed by atoms with Crippen molar-refractivity contribution in [2.45, 2.75) is 70.3 Å². The molecule has 0 aromatic heterocycles. The highest BCUT2D eigenvalue weighted by Gasteiger charge is 2.41. The van der Waals surface area contributed by atoms with E-state index in [1.165, 1.54) is 38.5 Å². The van der Waals surface area contributed by atoms with Crippen molar-refractivity contribution in [2.75, 3.05) is 13.1 Å². The average molecular weight is 253 g/mol. The second-order valence-corrected chi connectivity index (χ2v) is 6.34. The number of hydrogen-bond acceptors (Lipinski definition) is 2. The zero-order chi connectivity index (χ0) is 13.0. The van der Waals surface area contributed by atoms with Gasteiger partial charge in [-0.2, -0.15) is 0 Å². The van der Waals surface area contributed by atoms with Crippen molar-refractivity contribution in [3.05, 3.63) is 0 Å². The number of rotatable bonds is 3. The molecule has 0 spiro atoms. The maximum Gasteiger partial charge on any atom is 0.323 e. The predicted molar refractivity (Wildman–Crippen MR) is 72.7 cm³/mol. The van der Waals surface area contributed by atoms with Crippen LogP contribution in [0.4, 0.5) is 0 Å². The molecule has 1 atom stereocenters. The number of carbonyl (C=O) groups is 1. The molecular weight excluding hydrogens is 226 g/mol. The molecular formula is C15H27NO2. The topological polar surface area (TPSA) is 40.5 Å². The average Bonchev–Trinajstić information content (AvgIpc) is 2.60. The van der Waals surface area contributed by atoms with Gasteiger partial charge in [-0.3, -0.25) is 9.69 Å². The van der Waals surface area contributed by atoms with Gasteiger partial charge in [-0.15, -0.1) is 0 Å². The fraction of sp³-hybridized carbons (Fsp3) is 0.933. The lowest BCUT2D eigenvalue weighted by Crippen LogP contribution is -2.56. The first-order valence-electron chi connectivity index (χ1n) is 7.61. The lowest BCUT2D eigenvalue weighted by Gasteiger charge is -2.43. The van der Waals surface area contributed by atoms with E-state index in [1.54, 1.807) is 0 Å². The molecule has 0 amide bonds. The van der Waals surface area contributed by atoms with Crippen LogP contribution in [-0.4, -0.2) is 34.6 Å². The molecule has 0 radical (unpaired) electrons. The molecule has 0 aromatic rings. The fourth-order valence-corrected chi connectivity index (χ4v) is 3.57. The largest absolute Gasteiger partial charge is 0.480 e. The molecule has 1 aliphatic carbocycles. The molecule has 2 aliphatic rings. The number of carboxylic acid groups (broad SMARTS) is 1. The summed E-state index contributed by atoms with van der Waals surface area (Å²) >= 11 is 0. The summed E-state index contributed by atoms with van der Waals surface area (Å²) in [7, 11) is 0. The Labute approximate surface area is 111 Å². The van der Waals surface area contributed by atoms with Gasteiger partial charge in [-0.05, 0) is 51.5 Å². The van der Waals surface area contributed by atoms with Crippen molar-refractivity contribution in [2.24, 2.45) is 5.92 Å². The molecule has 1 N–H and O–H groups in total. The van der Waals surface area contributed by atoms with Gasteiger partial charge in [0.15, 0.2) is 0 Å². The number of aliphatic carboxylic acids is 1. The first-order valence-corrected chi connectivity index (χ1v) is 7.61.